The molecular formula is C14H21BrN2O2S. The van der Waals surface area contributed by atoms with E-state index in [4.69, 9.17) is 5.73 Å². The van der Waals surface area contributed by atoms with Gasteiger partial charge in [-0.05, 0) is 37.0 Å². The molecule has 0 spiro atoms. The molecule has 0 bridgehead atoms. The Kier molecular flexibility index (Phi) is 4.89. The molecule has 112 valence electrons. The number of nitrogens with one attached hydrogen (secondary N) is 1. The summed E-state index contributed by atoms with van der Waals surface area (Å²) in [6.45, 7) is 2.41. The second-order valence-corrected chi connectivity index (χ2v) is 8.17. The number of hydrogen-bond donors (Lipinski definition) is 2. The molecule has 0 aromatic heterocycles. The number of rotatable bonds is 4. The highest BCUT2D eigenvalue weighted by Crippen LogP contribution is 2.34. The van der Waals surface area contributed by atoms with Crippen LogP contribution in [0.4, 0.5) is 0 Å². The van der Waals surface area contributed by atoms with Gasteiger partial charge in [0.25, 0.3) is 0 Å². The molecule has 1 fully saturated rings. The van der Waals surface area contributed by atoms with E-state index < -0.39 is 15.6 Å². The van der Waals surface area contributed by atoms with Crippen LogP contribution in [0.3, 0.4) is 0 Å². The number of hydrogen-bond acceptors (Lipinski definition) is 3. The summed E-state index contributed by atoms with van der Waals surface area (Å²) in [5.41, 5.74) is 5.39. The van der Waals surface area contributed by atoms with Gasteiger partial charge in [-0.25, -0.2) is 13.1 Å². The average Bonchev–Trinajstić information content (AvgIpc) is 2.41. The third-order valence-corrected chi connectivity index (χ3v) is 6.30. The van der Waals surface area contributed by atoms with Crippen molar-refractivity contribution in [2.75, 3.05) is 6.54 Å². The molecule has 0 saturated heterocycles. The van der Waals surface area contributed by atoms with Gasteiger partial charge in [0.05, 0.1) is 4.90 Å². The van der Waals surface area contributed by atoms with Crippen LogP contribution in [-0.4, -0.2) is 20.5 Å². The van der Waals surface area contributed by atoms with Crippen molar-refractivity contribution in [1.82, 2.24) is 4.72 Å². The van der Waals surface area contributed by atoms with E-state index in [1.54, 1.807) is 24.3 Å². The minimum atomic E-state index is -3.55. The van der Waals surface area contributed by atoms with Gasteiger partial charge >= 0.3 is 0 Å². The van der Waals surface area contributed by atoms with Crippen molar-refractivity contribution in [2.45, 2.75) is 43.0 Å². The lowest BCUT2D eigenvalue weighted by atomic mass is 9.74. The van der Waals surface area contributed by atoms with Gasteiger partial charge in [-0.1, -0.05) is 41.8 Å². The van der Waals surface area contributed by atoms with Crippen LogP contribution >= 0.6 is 15.9 Å². The minimum Gasteiger partial charge on any atom is -0.329 e. The zero-order chi connectivity index (χ0) is 14.8. The van der Waals surface area contributed by atoms with Crippen molar-refractivity contribution >= 4 is 26.0 Å². The van der Waals surface area contributed by atoms with Gasteiger partial charge in [-0.15, -0.1) is 0 Å². The molecule has 0 heterocycles. The molecule has 2 rings (SSSR count). The molecule has 2 unspecified atom stereocenters. The monoisotopic (exact) mass is 360 g/mol. The van der Waals surface area contributed by atoms with E-state index >= 15 is 0 Å². The van der Waals surface area contributed by atoms with Crippen LogP contribution in [0.25, 0.3) is 0 Å². The molecule has 0 radical (unpaired) electrons. The first-order valence-corrected chi connectivity index (χ1v) is 9.17. The van der Waals surface area contributed by atoms with Crippen LogP contribution in [0.5, 0.6) is 0 Å². The molecule has 2 atom stereocenters. The van der Waals surface area contributed by atoms with Crippen molar-refractivity contribution in [3.8, 4) is 0 Å². The molecular weight excluding hydrogens is 340 g/mol. The highest BCUT2D eigenvalue weighted by molar-refractivity contribution is 9.10. The van der Waals surface area contributed by atoms with E-state index in [-0.39, 0.29) is 10.8 Å². The highest BCUT2D eigenvalue weighted by Gasteiger charge is 2.40. The normalized spacial score (nSPS) is 27.4. The third kappa shape index (κ3) is 3.24. The first-order valence-electron chi connectivity index (χ1n) is 6.89. The smallest absolute Gasteiger partial charge is 0.241 e. The van der Waals surface area contributed by atoms with Gasteiger partial charge < -0.3 is 5.73 Å². The molecule has 0 aliphatic heterocycles. The summed E-state index contributed by atoms with van der Waals surface area (Å²) in [6.07, 6.45) is 3.97. The van der Waals surface area contributed by atoms with Gasteiger partial charge in [-0.3, -0.25) is 0 Å². The molecule has 3 N–H and O–H groups in total. The average molecular weight is 361 g/mol. The van der Waals surface area contributed by atoms with Crippen molar-refractivity contribution < 1.29 is 8.42 Å². The fraction of sp³-hybridized carbons (Fsp3) is 0.571. The number of nitrogens with two attached hydrogens (primary N) is 1. The number of benzene rings is 1. The molecule has 6 heteroatoms. The number of halogens is 1. The van der Waals surface area contributed by atoms with Crippen molar-refractivity contribution in [3.05, 3.63) is 28.7 Å². The van der Waals surface area contributed by atoms with Gasteiger partial charge in [-0.2, -0.15) is 0 Å². The number of sulfonamides is 1. The fourth-order valence-electron chi connectivity index (χ4n) is 2.87. The van der Waals surface area contributed by atoms with Gasteiger partial charge in [0.15, 0.2) is 0 Å². The Bertz CT molecular complexity index is 576. The van der Waals surface area contributed by atoms with E-state index in [2.05, 4.69) is 27.6 Å². The topological polar surface area (TPSA) is 72.2 Å². The Labute approximate surface area is 129 Å². The molecule has 4 nitrogen and oxygen atoms in total. The van der Waals surface area contributed by atoms with Crippen LogP contribution in [-0.2, 0) is 10.0 Å². The Balaban J connectivity index is 2.30. The van der Waals surface area contributed by atoms with Gasteiger partial charge in [0, 0.05) is 16.6 Å². The molecule has 1 aliphatic carbocycles. The van der Waals surface area contributed by atoms with Gasteiger partial charge in [0.2, 0.25) is 10.0 Å². The second-order valence-electron chi connectivity index (χ2n) is 5.57. The van der Waals surface area contributed by atoms with E-state index in [1.807, 2.05) is 0 Å². The summed E-state index contributed by atoms with van der Waals surface area (Å²) in [4.78, 5) is 0.275. The third-order valence-electron chi connectivity index (χ3n) is 4.26. The quantitative estimate of drug-likeness (QED) is 0.866. The molecule has 1 aromatic carbocycles. The van der Waals surface area contributed by atoms with Crippen molar-refractivity contribution in [2.24, 2.45) is 11.7 Å². The van der Waals surface area contributed by atoms with Crippen molar-refractivity contribution in [3.63, 3.8) is 0 Å². The lowest BCUT2D eigenvalue weighted by Gasteiger charge is -2.42. The first-order chi connectivity index (χ1) is 9.39. The van der Waals surface area contributed by atoms with Gasteiger partial charge in [0.1, 0.15) is 0 Å². The lowest BCUT2D eigenvalue weighted by molar-refractivity contribution is 0.191. The van der Waals surface area contributed by atoms with Crippen LogP contribution in [0.15, 0.2) is 33.6 Å². The largest absolute Gasteiger partial charge is 0.329 e. The maximum atomic E-state index is 12.6. The van der Waals surface area contributed by atoms with E-state index in [1.165, 1.54) is 0 Å². The Hall–Kier alpha value is -0.430. The predicted octanol–water partition coefficient (Wildman–Crippen LogP) is 2.64. The molecule has 1 aliphatic rings. The Morgan fingerprint density at radius 3 is 2.80 bits per heavy atom. The zero-order valence-corrected chi connectivity index (χ0v) is 14.0. The minimum absolute atomic E-state index is 0.253. The standard InChI is InChI=1S/C14H21BrN2O2S/c1-11-5-2-3-8-14(11,10-16)17-20(18,19)13-7-4-6-12(15)9-13/h4,6-7,9,11,17H,2-3,5,8,10,16H2,1H3. The molecule has 20 heavy (non-hydrogen) atoms. The SMILES string of the molecule is CC1CCCCC1(CN)NS(=O)(=O)c1cccc(Br)c1. The second kappa shape index (κ2) is 6.13. The Morgan fingerprint density at radius 2 is 2.20 bits per heavy atom. The van der Waals surface area contributed by atoms with Crippen LogP contribution in [0, 0.1) is 5.92 Å². The first kappa shape index (κ1) is 15.9. The van der Waals surface area contributed by atoms with Crippen LogP contribution in [0.2, 0.25) is 0 Å². The highest BCUT2D eigenvalue weighted by atomic mass is 79.9. The maximum absolute atomic E-state index is 12.6. The Morgan fingerprint density at radius 1 is 1.45 bits per heavy atom. The summed E-state index contributed by atoms with van der Waals surface area (Å²) in [6, 6.07) is 6.74. The molecule has 0 amide bonds. The summed E-state index contributed by atoms with van der Waals surface area (Å²) in [7, 11) is -3.55. The summed E-state index contributed by atoms with van der Waals surface area (Å²) >= 11 is 3.31. The molecule has 1 aromatic rings. The zero-order valence-electron chi connectivity index (χ0n) is 11.6. The van der Waals surface area contributed by atoms with E-state index in [9.17, 15) is 8.42 Å². The van der Waals surface area contributed by atoms with Crippen molar-refractivity contribution in [1.29, 1.82) is 0 Å². The predicted molar refractivity (Wildman–Crippen MR) is 83.9 cm³/mol. The van der Waals surface area contributed by atoms with Crippen LogP contribution in [0.1, 0.15) is 32.6 Å². The summed E-state index contributed by atoms with van der Waals surface area (Å²) < 4.78 is 28.8. The lowest BCUT2D eigenvalue weighted by Crippen LogP contribution is -2.58. The summed E-state index contributed by atoms with van der Waals surface area (Å²) in [5, 5.41) is 0. The van der Waals surface area contributed by atoms with Crippen LogP contribution < -0.4 is 10.5 Å². The fourth-order valence-corrected chi connectivity index (χ4v) is 5.00. The molecule has 1 saturated carbocycles. The van der Waals surface area contributed by atoms with E-state index in [0.717, 1.165) is 30.2 Å². The summed E-state index contributed by atoms with van der Waals surface area (Å²) in [5.74, 6) is 0.253. The van der Waals surface area contributed by atoms with E-state index in [0.29, 0.717) is 6.54 Å². The maximum Gasteiger partial charge on any atom is 0.241 e.